The van der Waals surface area contributed by atoms with Crippen molar-refractivity contribution >= 4 is 34.1 Å². The van der Waals surface area contributed by atoms with Gasteiger partial charge in [-0.25, -0.2) is 9.78 Å². The molecule has 9 heteroatoms. The first-order valence-electron chi connectivity index (χ1n) is 7.78. The van der Waals surface area contributed by atoms with E-state index in [2.05, 4.69) is 10.3 Å². The second kappa shape index (κ2) is 6.25. The largest absolute Gasteiger partial charge is 0.454 e. The molecule has 3 amide bonds. The van der Waals surface area contributed by atoms with Crippen LogP contribution in [0.15, 0.2) is 23.6 Å². The van der Waals surface area contributed by atoms with Crippen molar-refractivity contribution in [2.75, 3.05) is 36.6 Å². The molecule has 8 nitrogen and oxygen atoms in total. The number of carbonyl (C=O) groups excluding carboxylic acids is 2. The van der Waals surface area contributed by atoms with E-state index >= 15 is 0 Å². The fraction of sp³-hybridized carbons (Fsp3) is 0.312. The topological polar surface area (TPSA) is 84.0 Å². The van der Waals surface area contributed by atoms with Crippen molar-refractivity contribution in [3.63, 3.8) is 0 Å². The Bertz CT molecular complexity index is 837. The Balaban J connectivity index is 1.40. The highest BCUT2D eigenvalue weighted by Gasteiger charge is 2.31. The molecule has 1 saturated heterocycles. The average molecular weight is 360 g/mol. The van der Waals surface area contributed by atoms with Crippen molar-refractivity contribution < 1.29 is 19.1 Å². The van der Waals surface area contributed by atoms with Crippen molar-refractivity contribution in [2.45, 2.75) is 6.92 Å². The normalized spacial score (nSPS) is 15.8. The molecule has 0 bridgehead atoms. The molecule has 2 aliphatic heterocycles. The Morgan fingerprint density at radius 3 is 2.96 bits per heavy atom. The summed E-state index contributed by atoms with van der Waals surface area (Å²) in [5.74, 6) is 1.04. The van der Waals surface area contributed by atoms with Crippen LogP contribution in [0.3, 0.4) is 0 Å². The molecule has 0 radical (unpaired) electrons. The molecule has 130 valence electrons. The first-order valence-corrected chi connectivity index (χ1v) is 8.66. The van der Waals surface area contributed by atoms with Crippen molar-refractivity contribution in [1.82, 2.24) is 9.88 Å². The second-order valence-corrected chi connectivity index (χ2v) is 6.59. The fourth-order valence-electron chi connectivity index (χ4n) is 2.77. The van der Waals surface area contributed by atoms with Crippen LogP contribution in [0.4, 0.5) is 15.6 Å². The molecule has 3 heterocycles. The minimum absolute atomic E-state index is 0.00148. The van der Waals surface area contributed by atoms with Crippen LogP contribution in [-0.4, -0.2) is 48.2 Å². The number of urea groups is 1. The lowest BCUT2D eigenvalue weighted by Gasteiger charge is -2.18. The molecular weight excluding hydrogens is 344 g/mol. The molecule has 1 aromatic carbocycles. The summed E-state index contributed by atoms with van der Waals surface area (Å²) < 4.78 is 10.6. The van der Waals surface area contributed by atoms with Crippen LogP contribution in [0.5, 0.6) is 11.5 Å². The lowest BCUT2D eigenvalue weighted by atomic mass is 10.2. The van der Waals surface area contributed by atoms with E-state index in [4.69, 9.17) is 9.47 Å². The van der Waals surface area contributed by atoms with Gasteiger partial charge in [0.1, 0.15) is 6.54 Å². The summed E-state index contributed by atoms with van der Waals surface area (Å²) in [5.41, 5.74) is 1.58. The summed E-state index contributed by atoms with van der Waals surface area (Å²) in [6, 6.07) is 5.17. The number of amides is 3. The van der Waals surface area contributed by atoms with Gasteiger partial charge >= 0.3 is 6.03 Å². The van der Waals surface area contributed by atoms with Gasteiger partial charge < -0.3 is 19.7 Å². The minimum Gasteiger partial charge on any atom is -0.454 e. The van der Waals surface area contributed by atoms with Crippen LogP contribution in [-0.2, 0) is 4.79 Å². The molecule has 0 saturated carbocycles. The van der Waals surface area contributed by atoms with Gasteiger partial charge in [-0.05, 0) is 19.1 Å². The standard InChI is InChI=1S/C16H16N4O4S/c1-10-8-25-15(17-10)18-14(21)7-19-4-5-20(16(19)22)11-2-3-12-13(6-11)24-9-23-12/h2-3,6,8H,4-5,7,9H2,1H3,(H,17,18,21). The van der Waals surface area contributed by atoms with Crippen molar-refractivity contribution in [3.8, 4) is 11.5 Å². The third kappa shape index (κ3) is 3.10. The van der Waals surface area contributed by atoms with Gasteiger partial charge in [0.15, 0.2) is 16.6 Å². The van der Waals surface area contributed by atoms with Crippen LogP contribution in [0.25, 0.3) is 0 Å². The van der Waals surface area contributed by atoms with Gasteiger partial charge in [0, 0.05) is 30.2 Å². The Morgan fingerprint density at radius 2 is 2.16 bits per heavy atom. The van der Waals surface area contributed by atoms with E-state index < -0.39 is 0 Å². The van der Waals surface area contributed by atoms with E-state index in [0.717, 1.165) is 11.4 Å². The Hall–Kier alpha value is -2.81. The van der Waals surface area contributed by atoms with Gasteiger partial charge in [-0.1, -0.05) is 0 Å². The predicted molar refractivity (Wildman–Crippen MR) is 92.4 cm³/mol. The third-order valence-corrected chi connectivity index (χ3v) is 4.84. The van der Waals surface area contributed by atoms with Crippen LogP contribution < -0.4 is 19.7 Å². The summed E-state index contributed by atoms with van der Waals surface area (Å²) in [6.07, 6.45) is 0. The molecule has 1 aromatic heterocycles. The predicted octanol–water partition coefficient (Wildman–Crippen LogP) is 2.06. The lowest BCUT2D eigenvalue weighted by Crippen LogP contribution is -2.37. The number of anilines is 2. The number of hydrogen-bond acceptors (Lipinski definition) is 6. The summed E-state index contributed by atoms with van der Waals surface area (Å²) in [4.78, 5) is 32.0. The first-order chi connectivity index (χ1) is 12.1. The molecule has 2 aromatic rings. The summed E-state index contributed by atoms with van der Waals surface area (Å²) in [5, 5.41) is 5.12. The molecule has 0 unspecified atom stereocenters. The quantitative estimate of drug-likeness (QED) is 0.902. The average Bonchev–Trinajstić information content (AvgIpc) is 3.29. The maximum absolute atomic E-state index is 12.6. The van der Waals surface area contributed by atoms with Gasteiger partial charge in [-0.15, -0.1) is 11.3 Å². The van der Waals surface area contributed by atoms with Crippen molar-refractivity contribution in [3.05, 3.63) is 29.3 Å². The van der Waals surface area contributed by atoms with Crippen LogP contribution in [0, 0.1) is 6.92 Å². The number of aromatic nitrogens is 1. The maximum Gasteiger partial charge on any atom is 0.325 e. The number of thiazole rings is 1. The highest BCUT2D eigenvalue weighted by molar-refractivity contribution is 7.13. The number of rotatable bonds is 4. The Labute approximate surface area is 148 Å². The second-order valence-electron chi connectivity index (χ2n) is 5.74. The summed E-state index contributed by atoms with van der Waals surface area (Å²) >= 11 is 1.36. The van der Waals surface area contributed by atoms with Gasteiger partial charge in [-0.3, -0.25) is 9.69 Å². The smallest absolute Gasteiger partial charge is 0.325 e. The van der Waals surface area contributed by atoms with Gasteiger partial charge in [0.05, 0.1) is 5.69 Å². The van der Waals surface area contributed by atoms with E-state index in [-0.39, 0.29) is 25.3 Å². The number of aryl methyl sites for hydroxylation is 1. The van der Waals surface area contributed by atoms with E-state index in [1.54, 1.807) is 17.0 Å². The van der Waals surface area contributed by atoms with E-state index in [1.807, 2.05) is 18.4 Å². The molecule has 0 spiro atoms. The number of nitrogens with one attached hydrogen (secondary N) is 1. The highest BCUT2D eigenvalue weighted by Crippen LogP contribution is 2.36. The first kappa shape index (κ1) is 15.7. The Morgan fingerprint density at radius 1 is 1.32 bits per heavy atom. The fourth-order valence-corrected chi connectivity index (χ4v) is 3.47. The number of ether oxygens (including phenoxy) is 2. The number of benzene rings is 1. The van der Waals surface area contributed by atoms with Crippen LogP contribution in [0.2, 0.25) is 0 Å². The van der Waals surface area contributed by atoms with Gasteiger partial charge in [0.25, 0.3) is 0 Å². The third-order valence-electron chi connectivity index (χ3n) is 3.96. The van der Waals surface area contributed by atoms with Gasteiger partial charge in [-0.2, -0.15) is 0 Å². The molecule has 0 aliphatic carbocycles. The molecule has 25 heavy (non-hydrogen) atoms. The molecular formula is C16H16N4O4S. The number of fused-ring (bicyclic) bond motifs is 1. The van der Waals surface area contributed by atoms with Gasteiger partial charge in [0.2, 0.25) is 12.7 Å². The number of hydrogen-bond donors (Lipinski definition) is 1. The number of carbonyl (C=O) groups is 2. The SMILES string of the molecule is Cc1csc(NC(=O)CN2CCN(c3ccc4c(c3)OCO4)C2=O)n1. The van der Waals surface area contributed by atoms with Crippen molar-refractivity contribution in [1.29, 1.82) is 0 Å². The zero-order chi connectivity index (χ0) is 17.4. The molecule has 4 rings (SSSR count). The molecule has 1 N–H and O–H groups in total. The van der Waals surface area contributed by atoms with E-state index in [9.17, 15) is 9.59 Å². The summed E-state index contributed by atoms with van der Waals surface area (Å²) in [7, 11) is 0. The van der Waals surface area contributed by atoms with E-state index in [0.29, 0.717) is 29.7 Å². The van der Waals surface area contributed by atoms with E-state index in [1.165, 1.54) is 16.2 Å². The monoisotopic (exact) mass is 360 g/mol. The Kier molecular flexibility index (Phi) is 3.92. The molecule has 0 atom stereocenters. The van der Waals surface area contributed by atoms with Crippen LogP contribution in [0.1, 0.15) is 5.69 Å². The molecule has 2 aliphatic rings. The molecule has 1 fully saturated rings. The highest BCUT2D eigenvalue weighted by atomic mass is 32.1. The lowest BCUT2D eigenvalue weighted by molar-refractivity contribution is -0.116. The van der Waals surface area contributed by atoms with Crippen LogP contribution >= 0.6 is 11.3 Å². The zero-order valence-electron chi connectivity index (χ0n) is 13.5. The minimum atomic E-state index is -0.254. The van der Waals surface area contributed by atoms with Crippen molar-refractivity contribution in [2.24, 2.45) is 0 Å². The zero-order valence-corrected chi connectivity index (χ0v) is 14.3. The maximum atomic E-state index is 12.6. The summed E-state index contributed by atoms with van der Waals surface area (Å²) in [6.45, 7) is 3.05. The number of nitrogens with zero attached hydrogens (tertiary/aromatic N) is 3.